The van der Waals surface area contributed by atoms with Crippen molar-refractivity contribution in [3.05, 3.63) is 33.4 Å². The first-order chi connectivity index (χ1) is 5.52. The summed E-state index contributed by atoms with van der Waals surface area (Å²) in [6, 6.07) is 2.92. The van der Waals surface area contributed by atoms with Crippen molar-refractivity contribution < 1.29 is 10.0 Å². The molecule has 0 amide bonds. The normalized spacial score (nSPS) is 9.83. The van der Waals surface area contributed by atoms with E-state index in [4.69, 9.17) is 0 Å². The highest BCUT2D eigenvalue weighted by atomic mass is 16.6. The van der Waals surface area contributed by atoms with E-state index in [0.717, 1.165) is 5.56 Å². The Balaban J connectivity index is 3.37. The average Bonchev–Trinajstić information content (AvgIpc) is 1.96. The van der Waals surface area contributed by atoms with Gasteiger partial charge in [0.05, 0.1) is 4.92 Å². The summed E-state index contributed by atoms with van der Waals surface area (Å²) in [4.78, 5) is 9.68. The van der Waals surface area contributed by atoms with E-state index in [-0.39, 0.29) is 5.69 Å². The molecule has 0 aromatic heterocycles. The van der Waals surface area contributed by atoms with Gasteiger partial charge in [0.2, 0.25) is 0 Å². The first-order valence-electron chi connectivity index (χ1n) is 3.45. The molecule has 1 rings (SSSR count). The predicted molar refractivity (Wildman–Crippen MR) is 42.0 cm³/mol. The Bertz CT molecular complexity index is 333. The molecule has 12 heavy (non-hydrogen) atoms. The summed E-state index contributed by atoms with van der Waals surface area (Å²) in [7, 11) is 0. The van der Waals surface area contributed by atoms with Crippen LogP contribution in [0.1, 0.15) is 11.1 Å². The van der Waals surface area contributed by atoms with Crippen LogP contribution in [0.2, 0.25) is 0 Å². The van der Waals surface area contributed by atoms with E-state index in [1.54, 1.807) is 19.9 Å². The number of rotatable bonds is 1. The van der Waals surface area contributed by atoms with Crippen molar-refractivity contribution >= 4 is 5.69 Å². The van der Waals surface area contributed by atoms with Crippen molar-refractivity contribution in [1.82, 2.24) is 0 Å². The zero-order valence-corrected chi connectivity index (χ0v) is 6.83. The highest BCUT2D eigenvalue weighted by molar-refractivity contribution is 5.51. The largest absolute Gasteiger partial charge is 0.868 e. The van der Waals surface area contributed by atoms with Crippen molar-refractivity contribution in [3.63, 3.8) is 0 Å². The topological polar surface area (TPSA) is 66.2 Å². The van der Waals surface area contributed by atoms with Crippen molar-refractivity contribution in [2.75, 3.05) is 0 Å². The van der Waals surface area contributed by atoms with E-state index < -0.39 is 10.7 Å². The van der Waals surface area contributed by atoms with Gasteiger partial charge in [-0.1, -0.05) is 11.6 Å². The minimum absolute atomic E-state index is 0.340. The quantitative estimate of drug-likeness (QED) is 0.466. The fourth-order valence-corrected chi connectivity index (χ4v) is 1.07. The fraction of sp³-hybridized carbons (Fsp3) is 0.250. The summed E-state index contributed by atoms with van der Waals surface area (Å²) in [5.74, 6) is -0.495. The second kappa shape index (κ2) is 2.81. The molecule has 1 aromatic carbocycles. The van der Waals surface area contributed by atoms with Gasteiger partial charge in [-0.05, 0) is 25.2 Å². The molecule has 0 heterocycles. The maximum Gasteiger partial charge on any atom is 0.262 e. The Morgan fingerprint density at radius 2 is 1.92 bits per heavy atom. The van der Waals surface area contributed by atoms with Crippen LogP contribution in [0.5, 0.6) is 5.75 Å². The third kappa shape index (κ3) is 1.37. The van der Waals surface area contributed by atoms with Gasteiger partial charge < -0.3 is 5.11 Å². The van der Waals surface area contributed by atoms with Gasteiger partial charge in [-0.15, -0.1) is 0 Å². The van der Waals surface area contributed by atoms with Gasteiger partial charge in [-0.3, -0.25) is 10.1 Å². The van der Waals surface area contributed by atoms with E-state index >= 15 is 0 Å². The van der Waals surface area contributed by atoms with Crippen molar-refractivity contribution in [1.29, 1.82) is 0 Å². The number of hydrogen-bond acceptors (Lipinski definition) is 3. The lowest BCUT2D eigenvalue weighted by Gasteiger charge is -2.10. The van der Waals surface area contributed by atoms with E-state index in [1.165, 1.54) is 6.07 Å². The monoisotopic (exact) mass is 166 g/mol. The Kier molecular flexibility index (Phi) is 1.99. The molecule has 0 N–H and O–H groups in total. The molecule has 0 saturated heterocycles. The van der Waals surface area contributed by atoms with Crippen LogP contribution < -0.4 is 5.11 Å². The molecule has 0 aliphatic rings. The number of aryl methyl sites for hydroxylation is 2. The Morgan fingerprint density at radius 3 is 2.42 bits per heavy atom. The average molecular weight is 166 g/mol. The highest BCUT2D eigenvalue weighted by Crippen LogP contribution is 2.27. The second-order valence-corrected chi connectivity index (χ2v) is 2.69. The van der Waals surface area contributed by atoms with E-state index in [1.807, 2.05) is 0 Å². The zero-order chi connectivity index (χ0) is 9.30. The molecule has 1 aromatic rings. The third-order valence-corrected chi connectivity index (χ3v) is 1.60. The van der Waals surface area contributed by atoms with E-state index in [2.05, 4.69) is 0 Å². The van der Waals surface area contributed by atoms with E-state index in [0.29, 0.717) is 5.56 Å². The van der Waals surface area contributed by atoms with Crippen LogP contribution in [0.4, 0.5) is 5.69 Å². The summed E-state index contributed by atoms with van der Waals surface area (Å²) in [6.07, 6.45) is 0. The molecule has 0 unspecified atom stereocenters. The number of hydrogen-bond donors (Lipinski definition) is 0. The minimum Gasteiger partial charge on any atom is -0.868 e. The van der Waals surface area contributed by atoms with E-state index in [9.17, 15) is 15.2 Å². The SMILES string of the molecule is Cc1cc(C)c([O-])c([N+](=O)[O-])c1. The number of benzene rings is 1. The summed E-state index contributed by atoms with van der Waals surface area (Å²) in [6.45, 7) is 3.29. The van der Waals surface area contributed by atoms with Gasteiger partial charge in [0.25, 0.3) is 5.69 Å². The molecule has 0 saturated carbocycles. The van der Waals surface area contributed by atoms with Gasteiger partial charge in [-0.25, -0.2) is 0 Å². The second-order valence-electron chi connectivity index (χ2n) is 2.69. The maximum atomic E-state index is 11.1. The molecule has 0 aliphatic carbocycles. The molecule has 0 aliphatic heterocycles. The molecule has 0 radical (unpaired) electrons. The fourth-order valence-electron chi connectivity index (χ4n) is 1.07. The van der Waals surface area contributed by atoms with Gasteiger partial charge in [0.1, 0.15) is 0 Å². The van der Waals surface area contributed by atoms with Crippen LogP contribution in [-0.2, 0) is 0 Å². The van der Waals surface area contributed by atoms with Crippen LogP contribution in [-0.4, -0.2) is 4.92 Å². The summed E-state index contributed by atoms with van der Waals surface area (Å²) < 4.78 is 0. The molecule has 0 fully saturated rings. The standard InChI is InChI=1S/C8H9NO3/c1-5-3-6(2)8(10)7(4-5)9(11)12/h3-4,10H,1-2H3/p-1. The first kappa shape index (κ1) is 8.52. The molecule has 0 spiro atoms. The van der Waals surface area contributed by atoms with Crippen LogP contribution in [0.25, 0.3) is 0 Å². The lowest BCUT2D eigenvalue weighted by molar-refractivity contribution is -0.398. The Morgan fingerprint density at radius 1 is 1.33 bits per heavy atom. The van der Waals surface area contributed by atoms with Gasteiger partial charge in [-0.2, -0.15) is 0 Å². The lowest BCUT2D eigenvalue weighted by Crippen LogP contribution is -2.00. The van der Waals surface area contributed by atoms with Crippen LogP contribution in [0, 0.1) is 24.0 Å². The summed E-state index contributed by atoms with van der Waals surface area (Å²) >= 11 is 0. The Hall–Kier alpha value is -1.58. The van der Waals surface area contributed by atoms with Crippen LogP contribution in [0.3, 0.4) is 0 Å². The lowest BCUT2D eigenvalue weighted by atomic mass is 10.1. The molecular formula is C8H8NO3-. The molecule has 64 valence electrons. The molecular weight excluding hydrogens is 158 g/mol. The Labute approximate surface area is 69.6 Å². The zero-order valence-electron chi connectivity index (χ0n) is 6.83. The van der Waals surface area contributed by atoms with Crippen LogP contribution >= 0.6 is 0 Å². The minimum atomic E-state index is -0.650. The predicted octanol–water partition coefficient (Wildman–Crippen LogP) is 1.29. The first-order valence-corrected chi connectivity index (χ1v) is 3.45. The number of nitro groups is 1. The van der Waals surface area contributed by atoms with Gasteiger partial charge >= 0.3 is 0 Å². The van der Waals surface area contributed by atoms with Gasteiger partial charge in [0.15, 0.2) is 0 Å². The summed E-state index contributed by atoms with van der Waals surface area (Å²) in [5.41, 5.74) is 0.813. The molecule has 0 bridgehead atoms. The molecule has 0 atom stereocenters. The number of nitrogens with zero attached hydrogens (tertiary/aromatic N) is 1. The van der Waals surface area contributed by atoms with Crippen molar-refractivity contribution in [2.24, 2.45) is 0 Å². The van der Waals surface area contributed by atoms with Crippen LogP contribution in [0.15, 0.2) is 12.1 Å². The number of nitro benzene ring substituents is 1. The van der Waals surface area contributed by atoms with Crippen molar-refractivity contribution in [2.45, 2.75) is 13.8 Å². The third-order valence-electron chi connectivity index (χ3n) is 1.60. The maximum absolute atomic E-state index is 11.1. The van der Waals surface area contributed by atoms with Gasteiger partial charge in [0, 0.05) is 6.07 Å². The smallest absolute Gasteiger partial charge is 0.262 e. The van der Waals surface area contributed by atoms with Crippen molar-refractivity contribution in [3.8, 4) is 5.75 Å². The highest BCUT2D eigenvalue weighted by Gasteiger charge is 2.08. The molecule has 4 nitrogen and oxygen atoms in total. The molecule has 4 heteroatoms. The summed E-state index contributed by atoms with van der Waals surface area (Å²) in [5, 5.41) is 21.5.